The van der Waals surface area contributed by atoms with Gasteiger partial charge in [0.05, 0.1) is 11.0 Å². The molecular weight excluding hydrogens is 340 g/mol. The van der Waals surface area contributed by atoms with Crippen LogP contribution in [-0.2, 0) is 0 Å². The van der Waals surface area contributed by atoms with Crippen LogP contribution in [0.15, 0.2) is 28.9 Å². The van der Waals surface area contributed by atoms with Crippen molar-refractivity contribution in [1.82, 2.24) is 9.97 Å². The molecule has 0 fully saturated rings. The fourth-order valence-corrected chi connectivity index (χ4v) is 2.06. The number of hydrogen-bond acceptors (Lipinski definition) is 6. The van der Waals surface area contributed by atoms with Gasteiger partial charge in [0.25, 0.3) is 5.69 Å². The van der Waals surface area contributed by atoms with Gasteiger partial charge in [-0.2, -0.15) is 4.98 Å². The van der Waals surface area contributed by atoms with E-state index in [-0.39, 0.29) is 5.69 Å². The number of halogens is 1. The normalized spacial score (nSPS) is 10.2. The minimum atomic E-state index is -0.478. The monoisotopic (exact) mass is 352 g/mol. The summed E-state index contributed by atoms with van der Waals surface area (Å²) in [5.74, 6) is 1.14. The molecular formula is C13H13BrN4O3. The quantitative estimate of drug-likeness (QED) is 0.651. The molecule has 1 heterocycles. The van der Waals surface area contributed by atoms with Crippen molar-refractivity contribution in [2.24, 2.45) is 0 Å². The molecule has 2 rings (SSSR count). The van der Waals surface area contributed by atoms with Gasteiger partial charge < -0.3 is 10.1 Å². The molecule has 0 radical (unpaired) electrons. The minimum Gasteiger partial charge on any atom is -0.438 e. The maximum Gasteiger partial charge on any atom is 0.274 e. The van der Waals surface area contributed by atoms with Crippen molar-refractivity contribution in [1.29, 1.82) is 0 Å². The number of aromatic nitrogens is 2. The molecule has 0 aliphatic carbocycles. The number of benzene rings is 1. The number of anilines is 1. The summed E-state index contributed by atoms with van der Waals surface area (Å²) in [6, 6.07) is 4.39. The average Bonchev–Trinajstić information content (AvgIpc) is 2.42. The number of non-ortho nitro benzene ring substituents is 1. The van der Waals surface area contributed by atoms with Crippen molar-refractivity contribution >= 4 is 27.6 Å². The molecule has 8 heteroatoms. The Morgan fingerprint density at radius 2 is 2.19 bits per heavy atom. The van der Waals surface area contributed by atoms with Gasteiger partial charge >= 0.3 is 0 Å². The van der Waals surface area contributed by atoms with Crippen molar-refractivity contribution in [2.45, 2.75) is 13.8 Å². The SMILES string of the molecule is CCNc1ncc(C)c(Oc2cc(Br)cc([N+](=O)[O-])c2)n1. The van der Waals surface area contributed by atoms with E-state index < -0.39 is 4.92 Å². The zero-order chi connectivity index (χ0) is 15.4. The first-order valence-corrected chi connectivity index (χ1v) is 6.99. The largest absolute Gasteiger partial charge is 0.438 e. The van der Waals surface area contributed by atoms with E-state index in [9.17, 15) is 10.1 Å². The molecule has 2 aromatic rings. The molecule has 110 valence electrons. The highest BCUT2D eigenvalue weighted by Crippen LogP contribution is 2.30. The molecule has 21 heavy (non-hydrogen) atoms. The second-order valence-corrected chi connectivity index (χ2v) is 5.13. The molecule has 0 aliphatic heterocycles. The van der Waals surface area contributed by atoms with E-state index in [0.29, 0.717) is 28.6 Å². The summed E-state index contributed by atoms with van der Waals surface area (Å²) in [5.41, 5.74) is 0.678. The first-order chi connectivity index (χ1) is 9.99. The Morgan fingerprint density at radius 1 is 1.43 bits per heavy atom. The summed E-state index contributed by atoms with van der Waals surface area (Å²) in [5, 5.41) is 13.8. The third-order valence-corrected chi connectivity index (χ3v) is 3.00. The molecule has 1 aromatic heterocycles. The molecule has 0 bridgehead atoms. The Morgan fingerprint density at radius 3 is 2.86 bits per heavy atom. The second kappa shape index (κ2) is 6.49. The summed E-state index contributed by atoms with van der Waals surface area (Å²) in [4.78, 5) is 18.7. The number of aryl methyl sites for hydroxylation is 1. The number of nitro benzene ring substituents is 1. The lowest BCUT2D eigenvalue weighted by Gasteiger charge is -2.09. The molecule has 0 amide bonds. The van der Waals surface area contributed by atoms with E-state index >= 15 is 0 Å². The predicted molar refractivity (Wildman–Crippen MR) is 81.8 cm³/mol. The molecule has 0 aliphatic rings. The fraction of sp³-hybridized carbons (Fsp3) is 0.231. The fourth-order valence-electron chi connectivity index (χ4n) is 1.60. The van der Waals surface area contributed by atoms with E-state index in [0.717, 1.165) is 5.56 Å². The van der Waals surface area contributed by atoms with Crippen LogP contribution in [0.4, 0.5) is 11.6 Å². The molecule has 0 atom stereocenters. The smallest absolute Gasteiger partial charge is 0.274 e. The summed E-state index contributed by atoms with van der Waals surface area (Å²) >= 11 is 3.22. The Balaban J connectivity index is 2.33. The van der Waals surface area contributed by atoms with Crippen LogP contribution >= 0.6 is 15.9 Å². The van der Waals surface area contributed by atoms with E-state index in [2.05, 4.69) is 31.2 Å². The van der Waals surface area contributed by atoms with Crippen molar-refractivity contribution in [3.8, 4) is 11.6 Å². The van der Waals surface area contributed by atoms with Crippen LogP contribution in [0.1, 0.15) is 12.5 Å². The third-order valence-electron chi connectivity index (χ3n) is 2.54. The Hall–Kier alpha value is -2.22. The van der Waals surface area contributed by atoms with Gasteiger partial charge in [0.1, 0.15) is 5.75 Å². The van der Waals surface area contributed by atoms with Gasteiger partial charge in [-0.25, -0.2) is 4.98 Å². The van der Waals surface area contributed by atoms with Crippen LogP contribution < -0.4 is 10.1 Å². The molecule has 0 unspecified atom stereocenters. The van der Waals surface area contributed by atoms with Gasteiger partial charge in [-0.3, -0.25) is 10.1 Å². The predicted octanol–water partition coefficient (Wildman–Crippen LogP) is 3.68. The van der Waals surface area contributed by atoms with E-state index in [4.69, 9.17) is 4.74 Å². The van der Waals surface area contributed by atoms with Crippen LogP contribution in [0.2, 0.25) is 0 Å². The van der Waals surface area contributed by atoms with Gasteiger partial charge in [0.15, 0.2) is 0 Å². The number of nitrogens with zero attached hydrogens (tertiary/aromatic N) is 3. The van der Waals surface area contributed by atoms with Crippen LogP contribution in [0.5, 0.6) is 11.6 Å². The molecule has 0 saturated carbocycles. The third kappa shape index (κ3) is 3.88. The maximum atomic E-state index is 10.9. The highest BCUT2D eigenvalue weighted by atomic mass is 79.9. The zero-order valence-electron chi connectivity index (χ0n) is 11.5. The topological polar surface area (TPSA) is 90.2 Å². The van der Waals surface area contributed by atoms with Gasteiger partial charge in [0, 0.05) is 28.8 Å². The van der Waals surface area contributed by atoms with Crippen LogP contribution in [0.25, 0.3) is 0 Å². The number of hydrogen-bond donors (Lipinski definition) is 1. The van der Waals surface area contributed by atoms with E-state index in [1.54, 1.807) is 19.2 Å². The standard InChI is InChI=1S/C13H13BrN4O3/c1-3-15-13-16-7-8(2)12(17-13)21-11-5-9(14)4-10(6-11)18(19)20/h4-7H,3H2,1-2H3,(H,15,16,17). The minimum absolute atomic E-state index is 0.0574. The Kier molecular flexibility index (Phi) is 4.69. The van der Waals surface area contributed by atoms with Crippen molar-refractivity contribution in [3.05, 3.63) is 44.5 Å². The summed E-state index contributed by atoms with van der Waals surface area (Å²) in [7, 11) is 0. The zero-order valence-corrected chi connectivity index (χ0v) is 13.0. The van der Waals surface area contributed by atoms with E-state index in [1.165, 1.54) is 12.1 Å². The number of nitrogens with one attached hydrogen (secondary N) is 1. The maximum absolute atomic E-state index is 10.9. The molecule has 7 nitrogen and oxygen atoms in total. The second-order valence-electron chi connectivity index (χ2n) is 4.22. The van der Waals surface area contributed by atoms with Gasteiger partial charge in [-0.1, -0.05) is 15.9 Å². The number of rotatable bonds is 5. The summed E-state index contributed by atoms with van der Waals surface area (Å²) in [6.45, 7) is 4.42. The average molecular weight is 353 g/mol. The number of nitro groups is 1. The van der Waals surface area contributed by atoms with Crippen LogP contribution in [0.3, 0.4) is 0 Å². The highest BCUT2D eigenvalue weighted by Gasteiger charge is 2.12. The van der Waals surface area contributed by atoms with Crippen molar-refractivity contribution in [3.63, 3.8) is 0 Å². The lowest BCUT2D eigenvalue weighted by atomic mass is 10.3. The lowest BCUT2D eigenvalue weighted by molar-refractivity contribution is -0.385. The summed E-state index contributed by atoms with van der Waals surface area (Å²) in [6.07, 6.45) is 1.63. The van der Waals surface area contributed by atoms with Gasteiger partial charge in [0.2, 0.25) is 11.8 Å². The van der Waals surface area contributed by atoms with Gasteiger partial charge in [-0.05, 0) is 19.9 Å². The van der Waals surface area contributed by atoms with Crippen molar-refractivity contribution in [2.75, 3.05) is 11.9 Å². The molecule has 0 saturated heterocycles. The first-order valence-electron chi connectivity index (χ1n) is 6.20. The van der Waals surface area contributed by atoms with Gasteiger partial charge in [-0.15, -0.1) is 0 Å². The molecule has 1 N–H and O–H groups in total. The van der Waals surface area contributed by atoms with E-state index in [1.807, 2.05) is 6.92 Å². The molecule has 0 spiro atoms. The van der Waals surface area contributed by atoms with Crippen molar-refractivity contribution < 1.29 is 9.66 Å². The van der Waals surface area contributed by atoms with Crippen LogP contribution in [-0.4, -0.2) is 21.4 Å². The lowest BCUT2D eigenvalue weighted by Crippen LogP contribution is -2.03. The number of ether oxygens (including phenoxy) is 1. The highest BCUT2D eigenvalue weighted by molar-refractivity contribution is 9.10. The first kappa shape index (κ1) is 15.2. The van der Waals surface area contributed by atoms with Crippen LogP contribution in [0, 0.1) is 17.0 Å². The summed E-state index contributed by atoms with van der Waals surface area (Å²) < 4.78 is 6.20. The Bertz CT molecular complexity index is 678. The molecule has 1 aromatic carbocycles. The Labute approximate surface area is 129 Å².